The van der Waals surface area contributed by atoms with Crippen molar-refractivity contribution in [3.8, 4) is 6.07 Å². The standard InChI is InChI=1S/C16H18N2O2/c1-10-6-12-8-13(9-17)18(14(12)7-11(10)2)15(19)20-16(3,4)5/h6-8H,1-5H3. The molecule has 0 radical (unpaired) electrons. The Morgan fingerprint density at radius 3 is 2.35 bits per heavy atom. The molecule has 0 aliphatic carbocycles. The summed E-state index contributed by atoms with van der Waals surface area (Å²) >= 11 is 0. The minimum atomic E-state index is -0.597. The van der Waals surface area contributed by atoms with Gasteiger partial charge in [-0.15, -0.1) is 0 Å². The van der Waals surface area contributed by atoms with E-state index in [1.165, 1.54) is 4.57 Å². The molecule has 1 heterocycles. The van der Waals surface area contributed by atoms with E-state index in [9.17, 15) is 10.1 Å². The highest BCUT2D eigenvalue weighted by molar-refractivity contribution is 5.92. The average molecular weight is 270 g/mol. The lowest BCUT2D eigenvalue weighted by molar-refractivity contribution is 0.0543. The summed E-state index contributed by atoms with van der Waals surface area (Å²) in [7, 11) is 0. The van der Waals surface area contributed by atoms with Crippen LogP contribution in [-0.2, 0) is 4.74 Å². The fourth-order valence-electron chi connectivity index (χ4n) is 2.06. The van der Waals surface area contributed by atoms with Gasteiger partial charge in [-0.3, -0.25) is 0 Å². The molecule has 0 saturated heterocycles. The second-order valence-corrected chi connectivity index (χ2v) is 5.95. The third-order valence-electron chi connectivity index (χ3n) is 3.11. The van der Waals surface area contributed by atoms with Crippen LogP contribution in [0.1, 0.15) is 37.6 Å². The van der Waals surface area contributed by atoms with E-state index in [1.54, 1.807) is 26.8 Å². The van der Waals surface area contributed by atoms with Gasteiger partial charge in [-0.05, 0) is 63.9 Å². The first-order valence-electron chi connectivity index (χ1n) is 6.49. The van der Waals surface area contributed by atoms with E-state index in [-0.39, 0.29) is 0 Å². The molecule has 0 aliphatic rings. The molecule has 4 nitrogen and oxygen atoms in total. The van der Waals surface area contributed by atoms with Crippen LogP contribution in [0, 0.1) is 25.2 Å². The summed E-state index contributed by atoms with van der Waals surface area (Å²) in [5, 5.41) is 10.1. The topological polar surface area (TPSA) is 55.0 Å². The van der Waals surface area contributed by atoms with Crippen molar-refractivity contribution in [3.05, 3.63) is 35.0 Å². The molecule has 20 heavy (non-hydrogen) atoms. The van der Waals surface area contributed by atoms with Crippen molar-refractivity contribution in [3.63, 3.8) is 0 Å². The van der Waals surface area contributed by atoms with E-state index in [0.717, 1.165) is 16.5 Å². The van der Waals surface area contributed by atoms with Crippen LogP contribution in [0.25, 0.3) is 10.9 Å². The highest BCUT2D eigenvalue weighted by Gasteiger charge is 2.22. The highest BCUT2D eigenvalue weighted by Crippen LogP contribution is 2.24. The Balaban J connectivity index is 2.65. The summed E-state index contributed by atoms with van der Waals surface area (Å²) < 4.78 is 6.72. The number of rotatable bonds is 0. The van der Waals surface area contributed by atoms with Crippen molar-refractivity contribution in [2.24, 2.45) is 0 Å². The molecule has 0 amide bonds. The highest BCUT2D eigenvalue weighted by atomic mass is 16.6. The molecule has 0 N–H and O–H groups in total. The van der Waals surface area contributed by atoms with Gasteiger partial charge in [-0.2, -0.15) is 5.26 Å². The number of carbonyl (C=O) groups excluding carboxylic acids is 1. The van der Waals surface area contributed by atoms with Crippen molar-refractivity contribution in [1.82, 2.24) is 4.57 Å². The van der Waals surface area contributed by atoms with Crippen molar-refractivity contribution < 1.29 is 9.53 Å². The van der Waals surface area contributed by atoms with Crippen LogP contribution >= 0.6 is 0 Å². The van der Waals surface area contributed by atoms with Gasteiger partial charge in [0.05, 0.1) is 5.52 Å². The quantitative estimate of drug-likeness (QED) is 0.729. The number of nitriles is 1. The number of fused-ring (bicyclic) bond motifs is 1. The Morgan fingerprint density at radius 1 is 1.20 bits per heavy atom. The molecule has 1 aromatic carbocycles. The summed E-state index contributed by atoms with van der Waals surface area (Å²) in [6, 6.07) is 7.66. The summed E-state index contributed by atoms with van der Waals surface area (Å²) in [5.74, 6) is 0. The molecular formula is C16H18N2O2. The SMILES string of the molecule is Cc1cc2cc(C#N)n(C(=O)OC(C)(C)C)c2cc1C. The van der Waals surface area contributed by atoms with Crippen LogP contribution in [0.2, 0.25) is 0 Å². The van der Waals surface area contributed by atoms with Gasteiger partial charge >= 0.3 is 6.09 Å². The molecule has 0 aliphatic heterocycles. The molecule has 2 aromatic rings. The largest absolute Gasteiger partial charge is 0.443 e. The van der Waals surface area contributed by atoms with E-state index in [2.05, 4.69) is 6.07 Å². The van der Waals surface area contributed by atoms with Crippen LogP contribution in [-0.4, -0.2) is 16.3 Å². The molecule has 0 atom stereocenters. The van der Waals surface area contributed by atoms with Gasteiger partial charge < -0.3 is 4.74 Å². The number of aromatic nitrogens is 1. The van der Waals surface area contributed by atoms with Gasteiger partial charge in [0, 0.05) is 5.39 Å². The van der Waals surface area contributed by atoms with Crippen molar-refractivity contribution >= 4 is 17.0 Å². The third kappa shape index (κ3) is 2.53. The zero-order chi connectivity index (χ0) is 15.1. The number of hydrogen-bond acceptors (Lipinski definition) is 3. The Bertz CT molecular complexity index is 727. The normalized spacial score (nSPS) is 11.4. The number of benzene rings is 1. The van der Waals surface area contributed by atoms with E-state index in [4.69, 9.17) is 4.74 Å². The lowest BCUT2D eigenvalue weighted by atomic mass is 10.1. The van der Waals surface area contributed by atoms with E-state index in [1.807, 2.05) is 26.0 Å². The van der Waals surface area contributed by atoms with Gasteiger partial charge in [0.1, 0.15) is 17.4 Å². The number of carbonyl (C=O) groups is 1. The van der Waals surface area contributed by atoms with Crippen LogP contribution in [0.3, 0.4) is 0 Å². The molecule has 1 aromatic heterocycles. The molecule has 0 saturated carbocycles. The Kier molecular flexibility index (Phi) is 3.31. The van der Waals surface area contributed by atoms with Crippen molar-refractivity contribution in [1.29, 1.82) is 5.26 Å². The first-order valence-corrected chi connectivity index (χ1v) is 6.49. The van der Waals surface area contributed by atoms with Crippen LogP contribution < -0.4 is 0 Å². The second-order valence-electron chi connectivity index (χ2n) is 5.95. The maximum Gasteiger partial charge on any atom is 0.420 e. The second kappa shape index (κ2) is 4.68. The van der Waals surface area contributed by atoms with Crippen LogP contribution in [0.15, 0.2) is 18.2 Å². The minimum absolute atomic E-state index is 0.291. The van der Waals surface area contributed by atoms with Crippen LogP contribution in [0.4, 0.5) is 4.79 Å². The number of nitrogens with zero attached hydrogens (tertiary/aromatic N) is 2. The van der Waals surface area contributed by atoms with Gasteiger partial charge in [0.25, 0.3) is 0 Å². The summed E-state index contributed by atoms with van der Waals surface area (Å²) in [5.41, 5.74) is 2.60. The number of aryl methyl sites for hydroxylation is 2. The third-order valence-corrected chi connectivity index (χ3v) is 3.11. The summed E-state index contributed by atoms with van der Waals surface area (Å²) in [6.45, 7) is 9.40. The Hall–Kier alpha value is -2.28. The van der Waals surface area contributed by atoms with Gasteiger partial charge in [-0.25, -0.2) is 9.36 Å². The monoisotopic (exact) mass is 270 g/mol. The summed E-state index contributed by atoms with van der Waals surface area (Å²) in [6.07, 6.45) is -0.521. The van der Waals surface area contributed by atoms with Crippen molar-refractivity contribution in [2.45, 2.75) is 40.2 Å². The minimum Gasteiger partial charge on any atom is -0.443 e. The fourth-order valence-corrected chi connectivity index (χ4v) is 2.06. The average Bonchev–Trinajstić information content (AvgIpc) is 2.65. The fraction of sp³-hybridized carbons (Fsp3) is 0.375. The lowest BCUT2D eigenvalue weighted by Gasteiger charge is -2.20. The smallest absolute Gasteiger partial charge is 0.420 e. The van der Waals surface area contributed by atoms with Crippen LogP contribution in [0.5, 0.6) is 0 Å². The maximum atomic E-state index is 12.3. The molecule has 0 spiro atoms. The number of ether oxygens (including phenoxy) is 1. The zero-order valence-corrected chi connectivity index (χ0v) is 12.4. The maximum absolute atomic E-state index is 12.3. The van der Waals surface area contributed by atoms with Gasteiger partial charge in [-0.1, -0.05) is 0 Å². The molecular weight excluding hydrogens is 252 g/mol. The Morgan fingerprint density at radius 2 is 1.80 bits per heavy atom. The first kappa shape index (κ1) is 14.1. The molecule has 4 heteroatoms. The van der Waals surface area contributed by atoms with E-state index in [0.29, 0.717) is 11.2 Å². The predicted molar refractivity (Wildman–Crippen MR) is 77.8 cm³/mol. The molecule has 0 unspecified atom stereocenters. The Labute approximate surface area is 118 Å². The van der Waals surface area contributed by atoms with E-state index < -0.39 is 11.7 Å². The van der Waals surface area contributed by atoms with E-state index >= 15 is 0 Å². The zero-order valence-electron chi connectivity index (χ0n) is 12.4. The molecule has 2 rings (SSSR count). The molecule has 104 valence electrons. The van der Waals surface area contributed by atoms with Gasteiger partial charge in [0.2, 0.25) is 0 Å². The number of hydrogen-bond donors (Lipinski definition) is 0. The lowest BCUT2D eigenvalue weighted by Crippen LogP contribution is -2.27. The molecule has 0 fully saturated rings. The van der Waals surface area contributed by atoms with Crippen molar-refractivity contribution in [2.75, 3.05) is 0 Å². The summed E-state index contributed by atoms with van der Waals surface area (Å²) in [4.78, 5) is 12.3. The molecule has 0 bridgehead atoms. The first-order chi connectivity index (χ1) is 9.23. The van der Waals surface area contributed by atoms with Gasteiger partial charge in [0.15, 0.2) is 0 Å². The predicted octanol–water partition coefficient (Wildman–Crippen LogP) is 3.91.